The lowest BCUT2D eigenvalue weighted by Gasteiger charge is -2.46. The maximum absolute atomic E-state index is 12.0. The third-order valence-electron chi connectivity index (χ3n) is 5.66. The van der Waals surface area contributed by atoms with Crippen LogP contribution in [-0.4, -0.2) is 34.8 Å². The van der Waals surface area contributed by atoms with E-state index in [-0.39, 0.29) is 5.92 Å². The number of likely N-dealkylation sites (tertiary alicyclic amines) is 1. The molecule has 4 rings (SSSR count). The SMILES string of the molecule is CCCN1C[C@H](C(C)=O)CC2c3cccc4[nH]cc(c34)C[C@H]21. The monoisotopic (exact) mass is 296 g/mol. The predicted octanol–water partition coefficient (Wildman–Crippen LogP) is 3.50. The Kier molecular flexibility index (Phi) is 3.33. The van der Waals surface area contributed by atoms with Crippen LogP contribution in [0.15, 0.2) is 24.4 Å². The molecule has 1 aliphatic heterocycles. The maximum Gasteiger partial charge on any atom is 0.134 e. The second-order valence-corrected chi connectivity index (χ2v) is 7.00. The van der Waals surface area contributed by atoms with Gasteiger partial charge in [-0.3, -0.25) is 9.69 Å². The number of piperidine rings is 1. The molecule has 1 saturated heterocycles. The molecule has 0 spiro atoms. The van der Waals surface area contributed by atoms with E-state index in [1.165, 1.54) is 22.0 Å². The normalized spacial score (nSPS) is 27.8. The van der Waals surface area contributed by atoms with Gasteiger partial charge in [-0.15, -0.1) is 0 Å². The Morgan fingerprint density at radius 2 is 2.27 bits per heavy atom. The Labute approximate surface area is 131 Å². The Morgan fingerprint density at radius 3 is 3.05 bits per heavy atom. The summed E-state index contributed by atoms with van der Waals surface area (Å²) in [6.07, 6.45) is 5.47. The van der Waals surface area contributed by atoms with Gasteiger partial charge < -0.3 is 4.98 Å². The molecule has 1 fully saturated rings. The molecule has 0 amide bonds. The molecule has 1 aromatic carbocycles. The maximum atomic E-state index is 12.0. The lowest BCUT2D eigenvalue weighted by Crippen LogP contribution is -2.51. The molecule has 2 heterocycles. The Bertz CT molecular complexity index is 717. The Hall–Kier alpha value is -1.61. The predicted molar refractivity (Wildman–Crippen MR) is 89.2 cm³/mol. The summed E-state index contributed by atoms with van der Waals surface area (Å²) in [5.41, 5.74) is 4.16. The van der Waals surface area contributed by atoms with Crippen LogP contribution in [0.25, 0.3) is 10.9 Å². The molecule has 1 aromatic heterocycles. The van der Waals surface area contributed by atoms with E-state index in [9.17, 15) is 4.79 Å². The van der Waals surface area contributed by atoms with Crippen molar-refractivity contribution < 1.29 is 4.79 Å². The van der Waals surface area contributed by atoms with Gasteiger partial charge in [0.2, 0.25) is 0 Å². The number of nitrogens with zero attached hydrogens (tertiary/aromatic N) is 1. The van der Waals surface area contributed by atoms with Crippen LogP contribution >= 0.6 is 0 Å². The summed E-state index contributed by atoms with van der Waals surface area (Å²) in [5.74, 6) is 1.05. The van der Waals surface area contributed by atoms with Crippen molar-refractivity contribution >= 4 is 16.7 Å². The summed E-state index contributed by atoms with van der Waals surface area (Å²) in [4.78, 5) is 18.0. The van der Waals surface area contributed by atoms with Gasteiger partial charge in [-0.25, -0.2) is 0 Å². The first kappa shape index (κ1) is 14.0. The van der Waals surface area contributed by atoms with Crippen LogP contribution < -0.4 is 0 Å². The van der Waals surface area contributed by atoms with Gasteiger partial charge in [0.1, 0.15) is 5.78 Å². The minimum atomic E-state index is 0.198. The van der Waals surface area contributed by atoms with Crippen molar-refractivity contribution in [1.29, 1.82) is 0 Å². The average Bonchev–Trinajstić information content (AvgIpc) is 2.93. The minimum Gasteiger partial charge on any atom is -0.361 e. The van der Waals surface area contributed by atoms with Crippen LogP contribution in [0.2, 0.25) is 0 Å². The molecule has 3 atom stereocenters. The van der Waals surface area contributed by atoms with Crippen LogP contribution in [0.5, 0.6) is 0 Å². The highest BCUT2D eigenvalue weighted by Crippen LogP contribution is 2.44. The summed E-state index contributed by atoms with van der Waals surface area (Å²) in [7, 11) is 0. The second kappa shape index (κ2) is 5.24. The van der Waals surface area contributed by atoms with Crippen molar-refractivity contribution in [3.8, 4) is 0 Å². The molecular formula is C19H24N2O. The number of nitrogens with one attached hydrogen (secondary N) is 1. The number of benzene rings is 1. The number of H-pyrrole nitrogens is 1. The van der Waals surface area contributed by atoms with Crippen molar-refractivity contribution in [2.75, 3.05) is 13.1 Å². The van der Waals surface area contributed by atoms with Crippen molar-refractivity contribution in [2.45, 2.75) is 45.1 Å². The third kappa shape index (κ3) is 2.03. The largest absolute Gasteiger partial charge is 0.361 e. The van der Waals surface area contributed by atoms with E-state index in [0.717, 1.165) is 32.4 Å². The molecule has 0 bridgehead atoms. The van der Waals surface area contributed by atoms with Crippen LogP contribution in [0.3, 0.4) is 0 Å². The van der Waals surface area contributed by atoms with Gasteiger partial charge >= 0.3 is 0 Å². The molecule has 22 heavy (non-hydrogen) atoms. The minimum absolute atomic E-state index is 0.198. The highest BCUT2D eigenvalue weighted by Gasteiger charge is 2.41. The van der Waals surface area contributed by atoms with E-state index in [2.05, 4.69) is 41.2 Å². The highest BCUT2D eigenvalue weighted by atomic mass is 16.1. The van der Waals surface area contributed by atoms with Crippen LogP contribution in [0, 0.1) is 5.92 Å². The lowest BCUT2D eigenvalue weighted by atomic mass is 9.71. The van der Waals surface area contributed by atoms with Gasteiger partial charge in [0, 0.05) is 41.5 Å². The molecule has 1 N–H and O–H groups in total. The standard InChI is InChI=1S/C19H24N2O/c1-3-7-21-11-14(12(2)22)8-16-15-5-4-6-17-19(15)13(10-20-17)9-18(16)21/h4-6,10,14,16,18,20H,3,7-9,11H2,1-2H3/t14-,16?,18-/m1/s1. The molecule has 3 heteroatoms. The quantitative estimate of drug-likeness (QED) is 0.941. The van der Waals surface area contributed by atoms with Gasteiger partial charge in [0.05, 0.1) is 0 Å². The fourth-order valence-corrected chi connectivity index (χ4v) is 4.64. The molecule has 0 saturated carbocycles. The van der Waals surface area contributed by atoms with E-state index in [1.807, 2.05) is 0 Å². The fraction of sp³-hybridized carbons (Fsp3) is 0.526. The van der Waals surface area contributed by atoms with E-state index in [4.69, 9.17) is 0 Å². The first-order valence-corrected chi connectivity index (χ1v) is 8.52. The number of ketones is 1. The number of rotatable bonds is 3. The van der Waals surface area contributed by atoms with E-state index < -0.39 is 0 Å². The number of Topliss-reactive ketones (excluding diaryl/α,β-unsaturated/α-hetero) is 1. The Balaban J connectivity index is 1.80. The first-order valence-electron chi connectivity index (χ1n) is 8.52. The summed E-state index contributed by atoms with van der Waals surface area (Å²) in [5, 5.41) is 1.42. The third-order valence-corrected chi connectivity index (χ3v) is 5.66. The van der Waals surface area contributed by atoms with Gasteiger partial charge in [-0.05, 0) is 49.9 Å². The van der Waals surface area contributed by atoms with Crippen molar-refractivity contribution in [1.82, 2.24) is 9.88 Å². The lowest BCUT2D eigenvalue weighted by molar-refractivity contribution is -0.123. The first-order chi connectivity index (χ1) is 10.7. The summed E-state index contributed by atoms with van der Waals surface area (Å²) < 4.78 is 0. The van der Waals surface area contributed by atoms with Crippen LogP contribution in [0.4, 0.5) is 0 Å². The van der Waals surface area contributed by atoms with E-state index >= 15 is 0 Å². The van der Waals surface area contributed by atoms with Crippen molar-refractivity contribution in [2.24, 2.45) is 5.92 Å². The zero-order valence-corrected chi connectivity index (χ0v) is 13.4. The molecule has 116 valence electrons. The zero-order chi connectivity index (χ0) is 15.3. The smallest absolute Gasteiger partial charge is 0.134 e. The van der Waals surface area contributed by atoms with Crippen LogP contribution in [-0.2, 0) is 11.2 Å². The van der Waals surface area contributed by atoms with Crippen LogP contribution in [0.1, 0.15) is 43.7 Å². The fourth-order valence-electron chi connectivity index (χ4n) is 4.64. The van der Waals surface area contributed by atoms with E-state index in [1.54, 1.807) is 6.92 Å². The molecule has 1 unspecified atom stereocenters. The summed E-state index contributed by atoms with van der Waals surface area (Å²) >= 11 is 0. The number of fused-ring (bicyclic) bond motifs is 2. The van der Waals surface area contributed by atoms with Gasteiger partial charge in [-0.1, -0.05) is 19.1 Å². The molecule has 0 radical (unpaired) electrons. The number of hydrogen-bond donors (Lipinski definition) is 1. The Morgan fingerprint density at radius 1 is 1.41 bits per heavy atom. The molecule has 2 aliphatic rings. The summed E-state index contributed by atoms with van der Waals surface area (Å²) in [6, 6.07) is 7.16. The molecule has 2 aromatic rings. The number of hydrogen-bond acceptors (Lipinski definition) is 2. The number of aromatic amines is 1. The van der Waals surface area contributed by atoms with Gasteiger partial charge in [0.15, 0.2) is 0 Å². The van der Waals surface area contributed by atoms with E-state index in [0.29, 0.717) is 17.7 Å². The molecular weight excluding hydrogens is 272 g/mol. The second-order valence-electron chi connectivity index (χ2n) is 7.00. The van der Waals surface area contributed by atoms with Gasteiger partial charge in [-0.2, -0.15) is 0 Å². The molecule has 1 aliphatic carbocycles. The van der Waals surface area contributed by atoms with Crippen molar-refractivity contribution in [3.05, 3.63) is 35.5 Å². The average molecular weight is 296 g/mol. The molecule has 3 nitrogen and oxygen atoms in total. The van der Waals surface area contributed by atoms with Gasteiger partial charge in [0.25, 0.3) is 0 Å². The number of aromatic nitrogens is 1. The highest BCUT2D eigenvalue weighted by molar-refractivity contribution is 5.88. The van der Waals surface area contributed by atoms with Crippen molar-refractivity contribution in [3.63, 3.8) is 0 Å². The summed E-state index contributed by atoms with van der Waals surface area (Å²) in [6.45, 7) is 6.04. The number of carbonyl (C=O) groups is 1. The topological polar surface area (TPSA) is 36.1 Å². The number of carbonyl (C=O) groups excluding carboxylic acids is 1. The zero-order valence-electron chi connectivity index (χ0n) is 13.4.